The maximum Gasteiger partial charge on any atom is 0.156 e. The van der Waals surface area contributed by atoms with Crippen LogP contribution in [0, 0.1) is 0 Å². The summed E-state index contributed by atoms with van der Waals surface area (Å²) in [7, 11) is 0. The Labute approximate surface area is 103 Å². The second-order valence-corrected chi connectivity index (χ2v) is 4.72. The number of aromatic nitrogens is 2. The molecule has 0 saturated carbocycles. The quantitative estimate of drug-likeness (QED) is 0.866. The monoisotopic (exact) mass is 234 g/mol. The Morgan fingerprint density at radius 3 is 3.12 bits per heavy atom. The van der Waals surface area contributed by atoms with E-state index in [9.17, 15) is 0 Å². The zero-order valence-electron chi connectivity index (χ0n) is 10.6. The average molecular weight is 234 g/mol. The molecule has 0 aliphatic carbocycles. The van der Waals surface area contributed by atoms with E-state index in [2.05, 4.69) is 22.0 Å². The van der Waals surface area contributed by atoms with E-state index in [1.54, 1.807) is 6.20 Å². The second-order valence-electron chi connectivity index (χ2n) is 4.72. The molecule has 0 bridgehead atoms. The lowest BCUT2D eigenvalue weighted by atomic mass is 9.98. The van der Waals surface area contributed by atoms with Crippen LogP contribution in [0.15, 0.2) is 12.3 Å². The number of nitrogens with zero attached hydrogens (tertiary/aromatic N) is 3. The average Bonchev–Trinajstić information content (AvgIpc) is 2.40. The van der Waals surface area contributed by atoms with Gasteiger partial charge in [-0.05, 0) is 31.7 Å². The highest BCUT2D eigenvalue weighted by Crippen LogP contribution is 2.27. The van der Waals surface area contributed by atoms with Gasteiger partial charge in [0.25, 0.3) is 0 Å². The second kappa shape index (κ2) is 5.96. The minimum absolute atomic E-state index is 0.542. The maximum atomic E-state index is 5.78. The molecule has 1 saturated heterocycles. The van der Waals surface area contributed by atoms with E-state index in [0.717, 1.165) is 17.9 Å². The van der Waals surface area contributed by atoms with Crippen molar-refractivity contribution in [3.05, 3.63) is 17.8 Å². The Kier molecular flexibility index (Phi) is 4.31. The lowest BCUT2D eigenvalue weighted by Gasteiger charge is -2.37. The molecule has 1 aliphatic rings. The molecule has 1 aliphatic heterocycles. The molecule has 4 heteroatoms. The zero-order chi connectivity index (χ0) is 12.1. The lowest BCUT2D eigenvalue weighted by Crippen LogP contribution is -2.40. The van der Waals surface area contributed by atoms with Crippen molar-refractivity contribution in [2.24, 2.45) is 5.73 Å². The van der Waals surface area contributed by atoms with E-state index >= 15 is 0 Å². The van der Waals surface area contributed by atoms with Crippen molar-refractivity contribution >= 4 is 5.82 Å². The Morgan fingerprint density at radius 1 is 1.47 bits per heavy atom. The molecule has 1 aromatic rings. The molecule has 2 rings (SSSR count). The van der Waals surface area contributed by atoms with Gasteiger partial charge in [0.2, 0.25) is 0 Å². The van der Waals surface area contributed by atoms with Gasteiger partial charge in [-0.3, -0.25) is 0 Å². The molecule has 0 amide bonds. The van der Waals surface area contributed by atoms with Gasteiger partial charge in [-0.2, -0.15) is 5.10 Å². The van der Waals surface area contributed by atoms with Crippen molar-refractivity contribution < 1.29 is 0 Å². The van der Waals surface area contributed by atoms with Crippen molar-refractivity contribution in [3.8, 4) is 0 Å². The Morgan fingerprint density at radius 2 is 2.35 bits per heavy atom. The van der Waals surface area contributed by atoms with Crippen molar-refractivity contribution in [3.63, 3.8) is 0 Å². The van der Waals surface area contributed by atoms with E-state index in [-0.39, 0.29) is 0 Å². The highest BCUT2D eigenvalue weighted by atomic mass is 15.3. The van der Waals surface area contributed by atoms with Crippen LogP contribution in [0.2, 0.25) is 0 Å². The van der Waals surface area contributed by atoms with Crippen molar-refractivity contribution in [2.75, 3.05) is 11.4 Å². The Bertz CT molecular complexity index is 351. The third kappa shape index (κ3) is 2.75. The molecule has 0 aromatic carbocycles. The normalized spacial score (nSPS) is 20.6. The summed E-state index contributed by atoms with van der Waals surface area (Å²) in [6.45, 7) is 3.88. The molecule has 0 radical (unpaired) electrons. The third-order valence-electron chi connectivity index (χ3n) is 3.52. The SMILES string of the molecule is CCCC1CCCCN1c1nnccc1CN. The minimum Gasteiger partial charge on any atom is -0.352 e. The largest absolute Gasteiger partial charge is 0.352 e. The van der Waals surface area contributed by atoms with Crippen LogP contribution in [0.5, 0.6) is 0 Å². The Hall–Kier alpha value is -1.16. The van der Waals surface area contributed by atoms with E-state index in [1.165, 1.54) is 32.1 Å². The van der Waals surface area contributed by atoms with E-state index < -0.39 is 0 Å². The summed E-state index contributed by atoms with van der Waals surface area (Å²) in [4.78, 5) is 2.42. The van der Waals surface area contributed by atoms with Crippen LogP contribution in [-0.2, 0) is 6.54 Å². The predicted octanol–water partition coefficient (Wildman–Crippen LogP) is 2.09. The minimum atomic E-state index is 0.542. The molecule has 2 N–H and O–H groups in total. The van der Waals surface area contributed by atoms with Gasteiger partial charge in [-0.25, -0.2) is 0 Å². The number of piperidine rings is 1. The Balaban J connectivity index is 2.22. The predicted molar refractivity (Wildman–Crippen MR) is 69.8 cm³/mol. The molecular weight excluding hydrogens is 212 g/mol. The fourth-order valence-corrected chi connectivity index (χ4v) is 2.66. The standard InChI is InChI=1S/C13H22N4/c1-2-5-12-6-3-4-9-17(12)13-11(10-14)7-8-15-16-13/h7-8,12H,2-6,9-10,14H2,1H3. The summed E-state index contributed by atoms with van der Waals surface area (Å²) >= 11 is 0. The third-order valence-corrected chi connectivity index (χ3v) is 3.52. The summed E-state index contributed by atoms with van der Waals surface area (Å²) in [6.07, 6.45) is 8.04. The molecule has 2 heterocycles. The molecular formula is C13H22N4. The fourth-order valence-electron chi connectivity index (χ4n) is 2.66. The van der Waals surface area contributed by atoms with Crippen molar-refractivity contribution in [2.45, 2.75) is 51.6 Å². The molecule has 17 heavy (non-hydrogen) atoms. The molecule has 1 unspecified atom stereocenters. The summed E-state index contributed by atoms with van der Waals surface area (Å²) < 4.78 is 0. The van der Waals surface area contributed by atoms with Crippen LogP contribution < -0.4 is 10.6 Å². The van der Waals surface area contributed by atoms with Crippen LogP contribution in [0.25, 0.3) is 0 Å². The first-order valence-corrected chi connectivity index (χ1v) is 6.64. The van der Waals surface area contributed by atoms with Crippen molar-refractivity contribution in [1.82, 2.24) is 10.2 Å². The molecule has 0 spiro atoms. The van der Waals surface area contributed by atoms with Crippen LogP contribution in [0.4, 0.5) is 5.82 Å². The van der Waals surface area contributed by atoms with Gasteiger partial charge >= 0.3 is 0 Å². The fraction of sp³-hybridized carbons (Fsp3) is 0.692. The van der Waals surface area contributed by atoms with Crippen LogP contribution in [0.1, 0.15) is 44.6 Å². The topological polar surface area (TPSA) is 55.0 Å². The molecule has 1 atom stereocenters. The van der Waals surface area contributed by atoms with Crippen molar-refractivity contribution in [1.29, 1.82) is 0 Å². The van der Waals surface area contributed by atoms with Gasteiger partial charge in [-0.1, -0.05) is 13.3 Å². The number of hydrogen-bond donors (Lipinski definition) is 1. The zero-order valence-corrected chi connectivity index (χ0v) is 10.6. The molecule has 94 valence electrons. The van der Waals surface area contributed by atoms with E-state index in [1.807, 2.05) is 6.07 Å². The van der Waals surface area contributed by atoms with Crippen LogP contribution in [-0.4, -0.2) is 22.8 Å². The van der Waals surface area contributed by atoms with Crippen LogP contribution in [0.3, 0.4) is 0 Å². The summed E-state index contributed by atoms with van der Waals surface area (Å²) in [6, 6.07) is 2.61. The van der Waals surface area contributed by atoms with Crippen LogP contribution >= 0.6 is 0 Å². The van der Waals surface area contributed by atoms with Gasteiger partial charge in [-0.15, -0.1) is 5.10 Å². The summed E-state index contributed by atoms with van der Waals surface area (Å²) in [5.74, 6) is 1.01. The van der Waals surface area contributed by atoms with Gasteiger partial charge in [0.15, 0.2) is 5.82 Å². The highest BCUT2D eigenvalue weighted by Gasteiger charge is 2.24. The maximum absolute atomic E-state index is 5.78. The first-order chi connectivity index (χ1) is 8.36. The first kappa shape index (κ1) is 12.3. The number of anilines is 1. The van der Waals surface area contributed by atoms with Gasteiger partial charge in [0.1, 0.15) is 0 Å². The summed E-state index contributed by atoms with van der Waals surface area (Å²) in [5.41, 5.74) is 6.90. The van der Waals surface area contributed by atoms with E-state index in [0.29, 0.717) is 12.6 Å². The van der Waals surface area contributed by atoms with Gasteiger partial charge < -0.3 is 10.6 Å². The van der Waals surface area contributed by atoms with Gasteiger partial charge in [0, 0.05) is 24.7 Å². The lowest BCUT2D eigenvalue weighted by molar-refractivity contribution is 0.429. The molecule has 1 fully saturated rings. The van der Waals surface area contributed by atoms with E-state index in [4.69, 9.17) is 5.73 Å². The number of nitrogens with two attached hydrogens (primary N) is 1. The van der Waals surface area contributed by atoms with Gasteiger partial charge in [0.05, 0.1) is 6.20 Å². The number of rotatable bonds is 4. The molecule has 1 aromatic heterocycles. The first-order valence-electron chi connectivity index (χ1n) is 6.64. The number of hydrogen-bond acceptors (Lipinski definition) is 4. The highest BCUT2D eigenvalue weighted by molar-refractivity contribution is 5.46. The smallest absolute Gasteiger partial charge is 0.156 e. The molecule has 4 nitrogen and oxygen atoms in total. The summed E-state index contributed by atoms with van der Waals surface area (Å²) in [5, 5.41) is 8.32.